The standard InChI is InChI=1S/C11H9ClN2OS/c12-10-9-8-6(3-4-15)1-2-7(8)16-11(9)14-5-13-10/h4-6H,1-3H2/t6-/m1/s1. The van der Waals surface area contributed by atoms with Crippen LogP contribution in [0.2, 0.25) is 5.15 Å². The van der Waals surface area contributed by atoms with Gasteiger partial charge in [0.1, 0.15) is 22.6 Å². The number of hydrogen-bond donors (Lipinski definition) is 0. The topological polar surface area (TPSA) is 42.9 Å². The van der Waals surface area contributed by atoms with Crippen LogP contribution in [0, 0.1) is 0 Å². The molecule has 82 valence electrons. The number of carbonyl (C=O) groups is 1. The molecule has 5 heteroatoms. The smallest absolute Gasteiger partial charge is 0.141 e. The molecule has 0 aliphatic heterocycles. The summed E-state index contributed by atoms with van der Waals surface area (Å²) in [6, 6.07) is 0. The van der Waals surface area contributed by atoms with Crippen LogP contribution in [0.15, 0.2) is 6.33 Å². The van der Waals surface area contributed by atoms with Crippen LogP contribution >= 0.6 is 22.9 Å². The highest BCUT2D eigenvalue weighted by Crippen LogP contribution is 2.45. The van der Waals surface area contributed by atoms with Gasteiger partial charge in [0.2, 0.25) is 0 Å². The molecule has 0 radical (unpaired) electrons. The molecular weight excluding hydrogens is 244 g/mol. The molecule has 2 heterocycles. The number of halogens is 1. The van der Waals surface area contributed by atoms with Gasteiger partial charge in [-0.05, 0) is 24.3 Å². The molecule has 0 spiro atoms. The van der Waals surface area contributed by atoms with E-state index >= 15 is 0 Å². The van der Waals surface area contributed by atoms with Gasteiger partial charge in [0.15, 0.2) is 0 Å². The first-order chi connectivity index (χ1) is 7.81. The molecule has 16 heavy (non-hydrogen) atoms. The number of aldehydes is 1. The first-order valence-corrected chi connectivity index (χ1v) is 6.36. The van der Waals surface area contributed by atoms with E-state index in [9.17, 15) is 4.79 Å². The van der Waals surface area contributed by atoms with Crippen molar-refractivity contribution in [3.8, 4) is 0 Å². The predicted molar refractivity (Wildman–Crippen MR) is 64.2 cm³/mol. The van der Waals surface area contributed by atoms with Gasteiger partial charge >= 0.3 is 0 Å². The fourth-order valence-electron chi connectivity index (χ4n) is 2.38. The van der Waals surface area contributed by atoms with E-state index in [0.717, 1.165) is 29.3 Å². The van der Waals surface area contributed by atoms with Gasteiger partial charge in [-0.15, -0.1) is 11.3 Å². The minimum Gasteiger partial charge on any atom is -0.303 e. The second kappa shape index (κ2) is 3.79. The third-order valence-corrected chi connectivity index (χ3v) is 4.52. The van der Waals surface area contributed by atoms with Crippen LogP contribution in [0.3, 0.4) is 0 Å². The molecule has 1 aliphatic carbocycles. The summed E-state index contributed by atoms with van der Waals surface area (Å²) in [6.45, 7) is 0. The maximum atomic E-state index is 10.7. The van der Waals surface area contributed by atoms with Gasteiger partial charge in [0.25, 0.3) is 0 Å². The minimum absolute atomic E-state index is 0.310. The second-order valence-corrected chi connectivity index (χ2v) is 5.36. The molecule has 2 aromatic rings. The number of hydrogen-bond acceptors (Lipinski definition) is 4. The molecule has 0 saturated heterocycles. The maximum absolute atomic E-state index is 10.7. The fraction of sp³-hybridized carbons (Fsp3) is 0.364. The Morgan fingerprint density at radius 2 is 2.44 bits per heavy atom. The van der Waals surface area contributed by atoms with Crippen LogP contribution in [0.25, 0.3) is 10.2 Å². The molecule has 0 N–H and O–H groups in total. The number of rotatable bonds is 2. The molecule has 0 fully saturated rings. The largest absolute Gasteiger partial charge is 0.303 e. The lowest BCUT2D eigenvalue weighted by Crippen LogP contribution is -1.94. The Bertz CT molecular complexity index is 566. The highest BCUT2D eigenvalue weighted by atomic mass is 35.5. The second-order valence-electron chi connectivity index (χ2n) is 3.92. The molecule has 2 aromatic heterocycles. The molecule has 0 bridgehead atoms. The number of nitrogens with zero attached hydrogens (tertiary/aromatic N) is 2. The van der Waals surface area contributed by atoms with Gasteiger partial charge in [-0.3, -0.25) is 0 Å². The molecular formula is C11H9ClN2OS. The van der Waals surface area contributed by atoms with Crippen molar-refractivity contribution in [2.75, 3.05) is 0 Å². The molecule has 0 unspecified atom stereocenters. The van der Waals surface area contributed by atoms with E-state index in [1.54, 1.807) is 11.3 Å². The Balaban J connectivity index is 2.25. The molecule has 0 aromatic carbocycles. The average molecular weight is 253 g/mol. The Labute approximate surface area is 101 Å². The van der Waals surface area contributed by atoms with E-state index in [4.69, 9.17) is 11.6 Å². The summed E-state index contributed by atoms with van der Waals surface area (Å²) in [5.41, 5.74) is 1.22. The normalized spacial score (nSPS) is 18.9. The van der Waals surface area contributed by atoms with Crippen LogP contribution in [-0.2, 0) is 11.2 Å². The van der Waals surface area contributed by atoms with E-state index in [2.05, 4.69) is 9.97 Å². The van der Waals surface area contributed by atoms with E-state index in [1.807, 2.05) is 0 Å². The van der Waals surface area contributed by atoms with E-state index in [1.165, 1.54) is 16.8 Å². The Kier molecular flexibility index (Phi) is 2.41. The van der Waals surface area contributed by atoms with Gasteiger partial charge in [-0.25, -0.2) is 9.97 Å². The first kappa shape index (κ1) is 10.2. The Morgan fingerprint density at radius 3 is 3.25 bits per heavy atom. The van der Waals surface area contributed by atoms with Crippen molar-refractivity contribution in [1.82, 2.24) is 9.97 Å². The number of aromatic nitrogens is 2. The zero-order valence-electron chi connectivity index (χ0n) is 8.44. The lowest BCUT2D eigenvalue weighted by molar-refractivity contribution is -0.108. The summed E-state index contributed by atoms with van der Waals surface area (Å²) in [5, 5.41) is 1.48. The van der Waals surface area contributed by atoms with Crippen molar-refractivity contribution in [2.24, 2.45) is 0 Å². The van der Waals surface area contributed by atoms with E-state index in [0.29, 0.717) is 17.5 Å². The number of carbonyl (C=O) groups excluding carboxylic acids is 1. The maximum Gasteiger partial charge on any atom is 0.141 e. The lowest BCUT2D eigenvalue weighted by atomic mass is 9.99. The number of aryl methyl sites for hydroxylation is 1. The summed E-state index contributed by atoms with van der Waals surface area (Å²) >= 11 is 7.79. The molecule has 1 atom stereocenters. The van der Waals surface area contributed by atoms with Crippen molar-refractivity contribution < 1.29 is 4.79 Å². The Hall–Kier alpha value is -1.00. The number of fused-ring (bicyclic) bond motifs is 3. The van der Waals surface area contributed by atoms with Crippen LogP contribution in [0.5, 0.6) is 0 Å². The zero-order valence-corrected chi connectivity index (χ0v) is 10.0. The van der Waals surface area contributed by atoms with Gasteiger partial charge < -0.3 is 4.79 Å². The van der Waals surface area contributed by atoms with Crippen molar-refractivity contribution in [3.63, 3.8) is 0 Å². The quantitative estimate of drug-likeness (QED) is 0.610. The molecule has 0 saturated carbocycles. The predicted octanol–water partition coefficient (Wildman–Crippen LogP) is 2.96. The number of thiophene rings is 1. The lowest BCUT2D eigenvalue weighted by Gasteiger charge is -2.06. The van der Waals surface area contributed by atoms with Gasteiger partial charge in [-0.2, -0.15) is 0 Å². The van der Waals surface area contributed by atoms with Crippen LogP contribution in [0.1, 0.15) is 29.2 Å². The summed E-state index contributed by atoms with van der Waals surface area (Å²) in [7, 11) is 0. The van der Waals surface area contributed by atoms with Crippen molar-refractivity contribution in [1.29, 1.82) is 0 Å². The summed E-state index contributed by atoms with van der Waals surface area (Å²) in [5.74, 6) is 0.310. The van der Waals surface area contributed by atoms with Crippen molar-refractivity contribution >= 4 is 39.4 Å². The Morgan fingerprint density at radius 1 is 1.56 bits per heavy atom. The SMILES string of the molecule is O=CC[C@H]1CCc2sc3ncnc(Cl)c3c21. The average Bonchev–Trinajstić information content (AvgIpc) is 2.79. The summed E-state index contributed by atoms with van der Waals surface area (Å²) in [6.07, 6.45) is 5.13. The third-order valence-electron chi connectivity index (χ3n) is 3.06. The molecule has 0 amide bonds. The minimum atomic E-state index is 0.310. The monoisotopic (exact) mass is 252 g/mol. The van der Waals surface area contributed by atoms with Crippen LogP contribution in [0.4, 0.5) is 0 Å². The first-order valence-electron chi connectivity index (χ1n) is 5.16. The van der Waals surface area contributed by atoms with Gasteiger partial charge in [-0.1, -0.05) is 11.6 Å². The van der Waals surface area contributed by atoms with Crippen LogP contribution < -0.4 is 0 Å². The van der Waals surface area contributed by atoms with E-state index in [-0.39, 0.29) is 0 Å². The highest BCUT2D eigenvalue weighted by Gasteiger charge is 2.28. The summed E-state index contributed by atoms with van der Waals surface area (Å²) in [4.78, 5) is 21.2. The molecule has 3 nitrogen and oxygen atoms in total. The highest BCUT2D eigenvalue weighted by molar-refractivity contribution is 7.19. The van der Waals surface area contributed by atoms with Gasteiger partial charge in [0, 0.05) is 11.3 Å². The molecule has 3 rings (SSSR count). The fourth-order valence-corrected chi connectivity index (χ4v) is 3.91. The third kappa shape index (κ3) is 1.37. The van der Waals surface area contributed by atoms with Crippen molar-refractivity contribution in [2.45, 2.75) is 25.2 Å². The van der Waals surface area contributed by atoms with Crippen molar-refractivity contribution in [3.05, 3.63) is 21.9 Å². The van der Waals surface area contributed by atoms with E-state index < -0.39 is 0 Å². The van der Waals surface area contributed by atoms with Crippen LogP contribution in [-0.4, -0.2) is 16.3 Å². The molecule has 1 aliphatic rings. The van der Waals surface area contributed by atoms with Gasteiger partial charge in [0.05, 0.1) is 5.39 Å². The summed E-state index contributed by atoms with van der Waals surface area (Å²) < 4.78 is 0. The zero-order chi connectivity index (χ0) is 11.1.